The lowest BCUT2D eigenvalue weighted by molar-refractivity contribution is 0.0356. The Kier molecular flexibility index (Phi) is 38.7. The third kappa shape index (κ3) is 38.2. The summed E-state index contributed by atoms with van der Waals surface area (Å²) in [6.07, 6.45) is 52.3. The molecule has 0 aliphatic heterocycles. The molecule has 0 saturated carbocycles. The fourth-order valence-corrected chi connectivity index (χ4v) is 7.00. The van der Waals surface area contributed by atoms with E-state index in [0.717, 1.165) is 18.4 Å². The average molecular weight is 674 g/mol. The maximum Gasteiger partial charge on any atom is 0.0575 e. The van der Waals surface area contributed by atoms with Gasteiger partial charge in [0.15, 0.2) is 0 Å². The van der Waals surface area contributed by atoms with Crippen LogP contribution in [0.5, 0.6) is 0 Å². The molecular weight excluding hydrogens is 583 g/mol. The fourth-order valence-electron chi connectivity index (χ4n) is 7.00. The van der Waals surface area contributed by atoms with Crippen molar-refractivity contribution in [2.24, 2.45) is 11.8 Å². The van der Waals surface area contributed by atoms with Crippen LogP contribution in [0.25, 0.3) is 0 Å². The molecule has 2 nitrogen and oxygen atoms in total. The van der Waals surface area contributed by atoms with E-state index < -0.39 is 0 Å². The number of nitrogens with zero attached hydrogens (tertiary/aromatic N) is 1. The second kappa shape index (κ2) is 39.2. The van der Waals surface area contributed by atoms with Crippen LogP contribution in [-0.2, 0) is 4.74 Å². The predicted molar refractivity (Wildman–Crippen MR) is 219 cm³/mol. The topological polar surface area (TPSA) is 12.5 Å². The summed E-state index contributed by atoms with van der Waals surface area (Å²) in [4.78, 5) is 2.30. The zero-order valence-electron chi connectivity index (χ0n) is 34.2. The monoisotopic (exact) mass is 674 g/mol. The molecule has 0 fully saturated rings. The maximum absolute atomic E-state index is 6.49. The van der Waals surface area contributed by atoms with E-state index in [4.69, 9.17) is 4.74 Å². The molecule has 0 N–H and O–H groups in total. The summed E-state index contributed by atoms with van der Waals surface area (Å²) in [7, 11) is 4.36. The largest absolute Gasteiger partial charge is 0.378 e. The molecule has 3 unspecified atom stereocenters. The Hall–Kier alpha value is -0.600. The zero-order chi connectivity index (χ0) is 35.2. The molecule has 0 aliphatic carbocycles. The molecule has 0 radical (unpaired) electrons. The summed E-state index contributed by atoms with van der Waals surface area (Å²) in [5.74, 6) is 1.82. The third-order valence-electron chi connectivity index (χ3n) is 10.5. The number of ether oxygens (including phenoxy) is 1. The van der Waals surface area contributed by atoms with Crippen LogP contribution in [-0.4, -0.2) is 38.3 Å². The molecule has 48 heavy (non-hydrogen) atoms. The van der Waals surface area contributed by atoms with Gasteiger partial charge in [0.1, 0.15) is 0 Å². The Labute approximate surface area is 305 Å². The molecule has 0 spiro atoms. The summed E-state index contributed by atoms with van der Waals surface area (Å²) in [6.45, 7) is 11.7. The van der Waals surface area contributed by atoms with E-state index >= 15 is 0 Å². The third-order valence-corrected chi connectivity index (χ3v) is 10.5. The molecular formula is C46H91NO. The standard InChI is InChI=1S/C46H91NO/c1-7-9-11-13-14-16-19-22-30-38-45(4)39-31-25-26-33-41-46(48-43-35-27-34-42-47(5)6)40-32-24-21-18-15-17-20-23-29-37-44(3)36-28-12-10-8-2/h14-17,44-46H,7-13,18-43H2,1-6H3/b16-14-,17-15-. The van der Waals surface area contributed by atoms with Gasteiger partial charge >= 0.3 is 0 Å². The first-order chi connectivity index (χ1) is 23.5. The van der Waals surface area contributed by atoms with Gasteiger partial charge < -0.3 is 9.64 Å². The molecule has 0 saturated heterocycles. The van der Waals surface area contributed by atoms with Crippen LogP contribution in [0.15, 0.2) is 24.3 Å². The van der Waals surface area contributed by atoms with Gasteiger partial charge in [-0.2, -0.15) is 0 Å². The van der Waals surface area contributed by atoms with E-state index in [0.29, 0.717) is 6.10 Å². The van der Waals surface area contributed by atoms with E-state index in [1.165, 1.54) is 206 Å². The molecule has 0 heterocycles. The number of hydrogen-bond acceptors (Lipinski definition) is 2. The minimum absolute atomic E-state index is 0.489. The van der Waals surface area contributed by atoms with Crippen molar-refractivity contribution in [2.75, 3.05) is 27.2 Å². The van der Waals surface area contributed by atoms with Gasteiger partial charge in [0, 0.05) is 6.61 Å². The van der Waals surface area contributed by atoms with Crippen LogP contribution in [0, 0.1) is 11.8 Å². The predicted octanol–water partition coefficient (Wildman–Crippen LogP) is 15.5. The van der Waals surface area contributed by atoms with Crippen molar-refractivity contribution in [1.29, 1.82) is 0 Å². The SMILES string of the molecule is CCCCC/C=C\CCCCC(C)CCCCCCC(CCCCC/C=C\CCCCC(C)CCCCCC)OCCCCCN(C)C. The number of hydrogen-bond donors (Lipinski definition) is 0. The van der Waals surface area contributed by atoms with Crippen LogP contribution >= 0.6 is 0 Å². The minimum Gasteiger partial charge on any atom is -0.378 e. The van der Waals surface area contributed by atoms with Gasteiger partial charge in [0.05, 0.1) is 6.10 Å². The zero-order valence-corrected chi connectivity index (χ0v) is 34.2. The molecule has 3 atom stereocenters. The second-order valence-electron chi connectivity index (χ2n) is 16.1. The summed E-state index contributed by atoms with van der Waals surface area (Å²) in [6, 6.07) is 0. The highest BCUT2D eigenvalue weighted by molar-refractivity contribution is 4.82. The van der Waals surface area contributed by atoms with Crippen LogP contribution in [0.3, 0.4) is 0 Å². The maximum atomic E-state index is 6.49. The average Bonchev–Trinajstić information content (AvgIpc) is 3.07. The quantitative estimate of drug-likeness (QED) is 0.0475. The minimum atomic E-state index is 0.489. The van der Waals surface area contributed by atoms with E-state index in [1.807, 2.05) is 0 Å². The Balaban J connectivity index is 4.01. The fraction of sp³-hybridized carbons (Fsp3) is 0.913. The summed E-state index contributed by atoms with van der Waals surface area (Å²) < 4.78 is 6.49. The molecule has 0 aliphatic rings. The van der Waals surface area contributed by atoms with Gasteiger partial charge in [-0.15, -0.1) is 0 Å². The van der Waals surface area contributed by atoms with Gasteiger partial charge in [-0.3, -0.25) is 0 Å². The molecule has 0 amide bonds. The van der Waals surface area contributed by atoms with E-state index in [-0.39, 0.29) is 0 Å². The van der Waals surface area contributed by atoms with Crippen molar-refractivity contribution in [3.8, 4) is 0 Å². The highest BCUT2D eigenvalue weighted by Crippen LogP contribution is 2.21. The van der Waals surface area contributed by atoms with Crippen molar-refractivity contribution in [3.05, 3.63) is 24.3 Å². The molecule has 0 aromatic heterocycles. The number of rotatable bonds is 39. The van der Waals surface area contributed by atoms with Gasteiger partial charge in [-0.1, -0.05) is 168 Å². The molecule has 0 aromatic rings. The van der Waals surface area contributed by atoms with Crippen LogP contribution in [0.1, 0.15) is 227 Å². The lowest BCUT2D eigenvalue weighted by Crippen LogP contribution is -2.15. The van der Waals surface area contributed by atoms with Crippen molar-refractivity contribution in [1.82, 2.24) is 4.90 Å². The first-order valence-corrected chi connectivity index (χ1v) is 22.1. The first kappa shape index (κ1) is 47.4. The van der Waals surface area contributed by atoms with Crippen LogP contribution in [0.4, 0.5) is 0 Å². The highest BCUT2D eigenvalue weighted by Gasteiger charge is 2.10. The Bertz CT molecular complexity index is 654. The summed E-state index contributed by atoms with van der Waals surface area (Å²) in [5.41, 5.74) is 0. The Morgan fingerprint density at radius 2 is 0.771 bits per heavy atom. The molecule has 0 bridgehead atoms. The van der Waals surface area contributed by atoms with Gasteiger partial charge in [-0.05, 0) is 116 Å². The van der Waals surface area contributed by atoms with Gasteiger partial charge in [0.25, 0.3) is 0 Å². The van der Waals surface area contributed by atoms with E-state index in [1.54, 1.807) is 0 Å². The number of allylic oxidation sites excluding steroid dienone is 4. The van der Waals surface area contributed by atoms with Crippen molar-refractivity contribution in [3.63, 3.8) is 0 Å². The van der Waals surface area contributed by atoms with Crippen molar-refractivity contribution < 1.29 is 4.74 Å². The molecule has 2 heteroatoms. The second-order valence-corrected chi connectivity index (χ2v) is 16.1. The first-order valence-electron chi connectivity index (χ1n) is 22.1. The molecule has 0 aromatic carbocycles. The van der Waals surface area contributed by atoms with Crippen molar-refractivity contribution >= 4 is 0 Å². The smallest absolute Gasteiger partial charge is 0.0575 e. The Morgan fingerprint density at radius 3 is 1.25 bits per heavy atom. The number of unbranched alkanes of at least 4 members (excludes halogenated alkanes) is 18. The lowest BCUT2D eigenvalue weighted by atomic mass is 9.96. The van der Waals surface area contributed by atoms with E-state index in [2.05, 4.69) is 71.0 Å². The van der Waals surface area contributed by atoms with Crippen molar-refractivity contribution in [2.45, 2.75) is 233 Å². The Morgan fingerprint density at radius 1 is 0.417 bits per heavy atom. The highest BCUT2D eigenvalue weighted by atomic mass is 16.5. The van der Waals surface area contributed by atoms with Gasteiger partial charge in [-0.25, -0.2) is 0 Å². The lowest BCUT2D eigenvalue weighted by Gasteiger charge is -2.18. The van der Waals surface area contributed by atoms with E-state index in [9.17, 15) is 0 Å². The molecule has 286 valence electrons. The normalized spacial score (nSPS) is 14.1. The summed E-state index contributed by atoms with van der Waals surface area (Å²) >= 11 is 0. The molecule has 0 rings (SSSR count). The van der Waals surface area contributed by atoms with Gasteiger partial charge in [0.2, 0.25) is 0 Å². The van der Waals surface area contributed by atoms with Crippen LogP contribution in [0.2, 0.25) is 0 Å². The van der Waals surface area contributed by atoms with Crippen LogP contribution < -0.4 is 0 Å². The summed E-state index contributed by atoms with van der Waals surface area (Å²) in [5, 5.41) is 0.